The summed E-state index contributed by atoms with van der Waals surface area (Å²) in [6.07, 6.45) is 1.10. The number of carboxylic acids is 1. The fraction of sp³-hybridized carbons (Fsp3) is 0.750. The van der Waals surface area contributed by atoms with Crippen LogP contribution in [0.1, 0.15) is 26.2 Å². The van der Waals surface area contributed by atoms with Gasteiger partial charge in [0.25, 0.3) is 0 Å². The Balaban J connectivity index is 3.93. The number of amides is 1. The number of nitrogens with one attached hydrogen (secondary N) is 1. The quantitative estimate of drug-likeness (QED) is 0.479. The molecule has 16 heavy (non-hydrogen) atoms. The summed E-state index contributed by atoms with van der Waals surface area (Å²) in [4.78, 5) is 20.8. The van der Waals surface area contributed by atoms with Crippen molar-refractivity contribution < 1.29 is 23.1 Å². The molecule has 0 aromatic rings. The number of aliphatic carboxylic acids is 1. The summed E-state index contributed by atoms with van der Waals surface area (Å²) in [6, 6.07) is 0. The molecule has 0 radical (unpaired) electrons. The second-order valence-electron chi connectivity index (χ2n) is 3.34. The predicted octanol–water partition coefficient (Wildman–Crippen LogP) is -0.965. The first-order valence-corrected chi connectivity index (χ1v) is 6.31. The van der Waals surface area contributed by atoms with Crippen LogP contribution in [0.3, 0.4) is 0 Å². The molecule has 0 heterocycles. The Bertz CT molecular complexity index is 351. The van der Waals surface area contributed by atoms with Gasteiger partial charge >= 0.3 is 5.97 Å². The van der Waals surface area contributed by atoms with Crippen molar-refractivity contribution >= 4 is 21.9 Å². The van der Waals surface area contributed by atoms with Crippen molar-refractivity contribution in [2.45, 2.75) is 31.4 Å². The van der Waals surface area contributed by atoms with Gasteiger partial charge in [0.15, 0.2) is 5.25 Å². The van der Waals surface area contributed by atoms with Crippen LogP contribution in [0.2, 0.25) is 0 Å². The van der Waals surface area contributed by atoms with Crippen molar-refractivity contribution in [3.8, 4) is 0 Å². The van der Waals surface area contributed by atoms with Crippen molar-refractivity contribution in [1.29, 1.82) is 0 Å². The topological polar surface area (TPSA) is 127 Å². The Hall–Kier alpha value is -1.15. The van der Waals surface area contributed by atoms with Gasteiger partial charge in [-0.1, -0.05) is 0 Å². The second-order valence-corrected chi connectivity index (χ2v) is 5.43. The molecule has 0 fully saturated rings. The molecule has 0 saturated carbocycles. The lowest BCUT2D eigenvalue weighted by atomic mass is 10.2. The number of sulfonamides is 1. The van der Waals surface area contributed by atoms with Gasteiger partial charge in [-0.2, -0.15) is 0 Å². The summed E-state index contributed by atoms with van der Waals surface area (Å²) in [5.41, 5.74) is 4.89. The molecule has 7 nitrogen and oxygen atoms in total. The van der Waals surface area contributed by atoms with Crippen LogP contribution in [0.5, 0.6) is 0 Å². The number of unbranched alkanes of at least 4 members (excludes halogenated alkanes) is 1. The summed E-state index contributed by atoms with van der Waals surface area (Å²) < 4.78 is 24.7. The molecule has 0 aromatic heterocycles. The highest BCUT2D eigenvalue weighted by Gasteiger charge is 2.26. The van der Waals surface area contributed by atoms with Crippen molar-refractivity contribution in [3.05, 3.63) is 0 Å². The normalized spacial score (nSPS) is 13.3. The Morgan fingerprint density at radius 2 is 1.94 bits per heavy atom. The molecule has 0 aliphatic rings. The molecular formula is C8H16N2O5S. The molecule has 1 atom stereocenters. The lowest BCUT2D eigenvalue weighted by Crippen LogP contribution is -2.37. The lowest BCUT2D eigenvalue weighted by molar-refractivity contribution is -0.136. The maximum atomic E-state index is 11.3. The van der Waals surface area contributed by atoms with Crippen LogP contribution in [0.15, 0.2) is 0 Å². The van der Waals surface area contributed by atoms with E-state index in [4.69, 9.17) is 10.8 Å². The van der Waals surface area contributed by atoms with E-state index < -0.39 is 27.1 Å². The minimum absolute atomic E-state index is 0.104. The zero-order valence-electron chi connectivity index (χ0n) is 8.97. The standard InChI is InChI=1S/C8H16N2O5S/c1-6(8(12)13)16(14,15)10-5-3-2-4-7(9)11/h6,10H,2-5H2,1H3,(H2,9,11)(H,12,13). The van der Waals surface area contributed by atoms with Crippen LogP contribution >= 0.6 is 0 Å². The molecule has 4 N–H and O–H groups in total. The number of hydrogen-bond donors (Lipinski definition) is 3. The third-order valence-electron chi connectivity index (χ3n) is 1.97. The molecule has 1 unspecified atom stereocenters. The van der Waals surface area contributed by atoms with E-state index in [9.17, 15) is 18.0 Å². The van der Waals surface area contributed by atoms with Gasteiger partial charge in [-0.25, -0.2) is 13.1 Å². The van der Waals surface area contributed by atoms with Crippen molar-refractivity contribution in [1.82, 2.24) is 4.72 Å². The smallest absolute Gasteiger partial charge is 0.323 e. The van der Waals surface area contributed by atoms with Crippen molar-refractivity contribution in [2.75, 3.05) is 6.54 Å². The fourth-order valence-corrected chi connectivity index (χ4v) is 1.84. The van der Waals surface area contributed by atoms with E-state index in [1.54, 1.807) is 0 Å². The zero-order valence-corrected chi connectivity index (χ0v) is 9.79. The highest BCUT2D eigenvalue weighted by atomic mass is 32.2. The Morgan fingerprint density at radius 3 is 2.38 bits per heavy atom. The summed E-state index contributed by atoms with van der Waals surface area (Å²) >= 11 is 0. The monoisotopic (exact) mass is 252 g/mol. The summed E-state index contributed by atoms with van der Waals surface area (Å²) in [7, 11) is -3.83. The van der Waals surface area contributed by atoms with E-state index in [0.29, 0.717) is 12.8 Å². The summed E-state index contributed by atoms with van der Waals surface area (Å²) in [5.74, 6) is -1.84. The third kappa shape index (κ3) is 5.66. The van der Waals surface area contributed by atoms with Crippen LogP contribution in [0.25, 0.3) is 0 Å². The van der Waals surface area contributed by atoms with E-state index in [0.717, 1.165) is 6.92 Å². The van der Waals surface area contributed by atoms with Gasteiger partial charge in [-0.15, -0.1) is 0 Å². The average molecular weight is 252 g/mol. The fourth-order valence-electron chi connectivity index (χ4n) is 0.896. The third-order valence-corrected chi connectivity index (χ3v) is 3.71. The van der Waals surface area contributed by atoms with E-state index >= 15 is 0 Å². The van der Waals surface area contributed by atoms with Crippen LogP contribution < -0.4 is 10.5 Å². The number of hydrogen-bond acceptors (Lipinski definition) is 4. The number of carbonyl (C=O) groups is 2. The van der Waals surface area contributed by atoms with Gasteiger partial charge in [0.1, 0.15) is 0 Å². The molecule has 0 aliphatic heterocycles. The van der Waals surface area contributed by atoms with Crippen LogP contribution in [0.4, 0.5) is 0 Å². The molecule has 94 valence electrons. The molecule has 0 aromatic carbocycles. The first-order valence-electron chi connectivity index (χ1n) is 4.77. The number of carboxylic acid groups (broad SMARTS) is 1. The van der Waals surface area contributed by atoms with Gasteiger partial charge < -0.3 is 10.8 Å². The van der Waals surface area contributed by atoms with Gasteiger partial charge in [0, 0.05) is 13.0 Å². The van der Waals surface area contributed by atoms with Crippen LogP contribution in [0, 0.1) is 0 Å². The molecule has 0 spiro atoms. The zero-order chi connectivity index (χ0) is 12.8. The molecule has 1 amide bonds. The van der Waals surface area contributed by atoms with E-state index in [1.165, 1.54) is 0 Å². The SMILES string of the molecule is CC(C(=O)O)S(=O)(=O)NCCCCC(N)=O. The highest BCUT2D eigenvalue weighted by Crippen LogP contribution is 1.99. The van der Waals surface area contributed by atoms with Gasteiger partial charge in [0.05, 0.1) is 0 Å². The second kappa shape index (κ2) is 6.44. The van der Waals surface area contributed by atoms with E-state index in [2.05, 4.69) is 4.72 Å². The van der Waals surface area contributed by atoms with Crippen molar-refractivity contribution in [2.24, 2.45) is 5.73 Å². The summed E-state index contributed by atoms with van der Waals surface area (Å²) in [6.45, 7) is 1.20. The van der Waals surface area contributed by atoms with Crippen molar-refractivity contribution in [3.63, 3.8) is 0 Å². The maximum Gasteiger partial charge on any atom is 0.323 e. The first-order chi connectivity index (χ1) is 7.27. The van der Waals surface area contributed by atoms with Gasteiger partial charge in [-0.3, -0.25) is 9.59 Å². The Morgan fingerprint density at radius 1 is 1.38 bits per heavy atom. The largest absolute Gasteiger partial charge is 0.480 e. The predicted molar refractivity (Wildman–Crippen MR) is 57.1 cm³/mol. The molecule has 0 rings (SSSR count). The molecule has 0 saturated heterocycles. The molecule has 0 aliphatic carbocycles. The molecular weight excluding hydrogens is 236 g/mol. The maximum absolute atomic E-state index is 11.3. The lowest BCUT2D eigenvalue weighted by Gasteiger charge is -2.09. The van der Waals surface area contributed by atoms with E-state index in [1.807, 2.05) is 0 Å². The molecule has 8 heteroatoms. The van der Waals surface area contributed by atoms with Crippen LogP contribution in [-0.4, -0.2) is 37.2 Å². The minimum atomic E-state index is -3.83. The number of rotatable bonds is 8. The number of carbonyl (C=O) groups excluding carboxylic acids is 1. The van der Waals surface area contributed by atoms with Gasteiger partial charge in [0.2, 0.25) is 15.9 Å². The first kappa shape index (κ1) is 14.8. The highest BCUT2D eigenvalue weighted by molar-refractivity contribution is 7.90. The van der Waals surface area contributed by atoms with Crippen LogP contribution in [-0.2, 0) is 19.6 Å². The van der Waals surface area contributed by atoms with E-state index in [-0.39, 0.29) is 13.0 Å². The minimum Gasteiger partial charge on any atom is -0.480 e. The number of primary amides is 1. The Labute approximate surface area is 94.1 Å². The average Bonchev–Trinajstić information content (AvgIpc) is 2.15. The Kier molecular flexibility index (Phi) is 5.97. The van der Waals surface area contributed by atoms with Gasteiger partial charge in [-0.05, 0) is 19.8 Å². The summed E-state index contributed by atoms with van der Waals surface area (Å²) in [5, 5.41) is 7.03. The number of nitrogens with two attached hydrogens (primary N) is 1. The molecule has 0 bridgehead atoms.